The molecule has 29 heavy (non-hydrogen) atoms. The standard InChI is InChI=1S/C25H34O3S/c1-19(18-27-3)16-20(2)24(15-10-21-8-6-5-7-9-21)25(17-26)29-23-13-11-22(28-4)12-14-23/h5-9,11-14,16,19,24-26H,10,15,17-18H2,1-4H3/b20-16+/t19-,24+,25-/m0/s1. The molecule has 0 bridgehead atoms. The summed E-state index contributed by atoms with van der Waals surface area (Å²) in [5.74, 6) is 1.48. The van der Waals surface area contributed by atoms with E-state index >= 15 is 0 Å². The van der Waals surface area contributed by atoms with Crippen molar-refractivity contribution in [3.8, 4) is 5.75 Å². The molecule has 2 rings (SSSR count). The summed E-state index contributed by atoms with van der Waals surface area (Å²) in [6.07, 6.45) is 4.30. The van der Waals surface area contributed by atoms with Crippen LogP contribution in [0.15, 0.2) is 71.1 Å². The van der Waals surface area contributed by atoms with Gasteiger partial charge < -0.3 is 14.6 Å². The Balaban J connectivity index is 2.19. The highest BCUT2D eigenvalue weighted by Crippen LogP contribution is 2.35. The zero-order chi connectivity index (χ0) is 21.1. The topological polar surface area (TPSA) is 38.7 Å². The number of allylic oxidation sites excluding steroid dienone is 1. The van der Waals surface area contributed by atoms with Crippen molar-refractivity contribution in [2.24, 2.45) is 11.8 Å². The van der Waals surface area contributed by atoms with E-state index in [9.17, 15) is 5.11 Å². The van der Waals surface area contributed by atoms with E-state index < -0.39 is 0 Å². The summed E-state index contributed by atoms with van der Waals surface area (Å²) in [6, 6.07) is 18.6. The summed E-state index contributed by atoms with van der Waals surface area (Å²) in [6.45, 7) is 5.21. The minimum absolute atomic E-state index is 0.0955. The smallest absolute Gasteiger partial charge is 0.118 e. The van der Waals surface area contributed by atoms with E-state index in [0.29, 0.717) is 12.5 Å². The lowest BCUT2D eigenvalue weighted by Crippen LogP contribution is -2.24. The molecule has 0 fully saturated rings. The molecule has 158 valence electrons. The highest BCUT2D eigenvalue weighted by molar-refractivity contribution is 8.00. The normalized spacial score (nSPS) is 15.0. The summed E-state index contributed by atoms with van der Waals surface area (Å²) >= 11 is 1.74. The first-order chi connectivity index (χ1) is 14.1. The minimum atomic E-state index is 0.0955. The highest BCUT2D eigenvalue weighted by atomic mass is 32.2. The number of thioether (sulfide) groups is 1. The Morgan fingerprint density at radius 3 is 2.34 bits per heavy atom. The maximum Gasteiger partial charge on any atom is 0.118 e. The van der Waals surface area contributed by atoms with E-state index in [1.807, 2.05) is 12.1 Å². The van der Waals surface area contributed by atoms with Crippen LogP contribution < -0.4 is 4.74 Å². The molecule has 0 heterocycles. The van der Waals surface area contributed by atoms with Gasteiger partial charge in [0.1, 0.15) is 5.75 Å². The maximum atomic E-state index is 10.2. The molecule has 0 aliphatic heterocycles. The van der Waals surface area contributed by atoms with Gasteiger partial charge in [0.25, 0.3) is 0 Å². The fourth-order valence-corrected chi connectivity index (χ4v) is 4.87. The molecule has 2 aromatic carbocycles. The van der Waals surface area contributed by atoms with Crippen molar-refractivity contribution in [2.45, 2.75) is 36.8 Å². The average Bonchev–Trinajstić information content (AvgIpc) is 2.74. The summed E-state index contributed by atoms with van der Waals surface area (Å²) in [5, 5.41) is 10.3. The van der Waals surface area contributed by atoms with Gasteiger partial charge in [-0.3, -0.25) is 0 Å². The first kappa shape index (κ1) is 23.5. The van der Waals surface area contributed by atoms with E-state index in [0.717, 1.165) is 23.5 Å². The highest BCUT2D eigenvalue weighted by Gasteiger charge is 2.24. The third-order valence-corrected chi connectivity index (χ3v) is 6.45. The summed E-state index contributed by atoms with van der Waals surface area (Å²) in [7, 11) is 3.41. The Morgan fingerprint density at radius 1 is 1.07 bits per heavy atom. The number of rotatable bonds is 12. The van der Waals surface area contributed by atoms with Crippen molar-refractivity contribution in [1.82, 2.24) is 0 Å². The first-order valence-electron chi connectivity index (χ1n) is 10.2. The van der Waals surface area contributed by atoms with Crippen LogP contribution >= 0.6 is 11.8 Å². The number of benzene rings is 2. The molecule has 0 saturated carbocycles. The van der Waals surface area contributed by atoms with Gasteiger partial charge in [0.15, 0.2) is 0 Å². The van der Waals surface area contributed by atoms with Crippen LogP contribution in [0.5, 0.6) is 5.75 Å². The molecular weight excluding hydrogens is 380 g/mol. The van der Waals surface area contributed by atoms with Gasteiger partial charge in [-0.05, 0) is 61.4 Å². The summed E-state index contributed by atoms with van der Waals surface area (Å²) in [4.78, 5) is 1.15. The number of aliphatic hydroxyl groups is 1. The zero-order valence-corrected chi connectivity index (χ0v) is 18.8. The van der Waals surface area contributed by atoms with Gasteiger partial charge in [-0.15, -0.1) is 11.8 Å². The lowest BCUT2D eigenvalue weighted by atomic mass is 9.88. The van der Waals surface area contributed by atoms with Gasteiger partial charge in [-0.1, -0.05) is 48.9 Å². The molecule has 0 unspecified atom stereocenters. The van der Waals surface area contributed by atoms with Crippen LogP contribution in [0.3, 0.4) is 0 Å². The Hall–Kier alpha value is -1.75. The largest absolute Gasteiger partial charge is 0.497 e. The summed E-state index contributed by atoms with van der Waals surface area (Å²) < 4.78 is 10.6. The van der Waals surface area contributed by atoms with E-state index in [4.69, 9.17) is 9.47 Å². The lowest BCUT2D eigenvalue weighted by molar-refractivity contribution is 0.175. The molecule has 0 aliphatic rings. The van der Waals surface area contributed by atoms with Crippen LogP contribution in [0.2, 0.25) is 0 Å². The van der Waals surface area contributed by atoms with Gasteiger partial charge >= 0.3 is 0 Å². The van der Waals surface area contributed by atoms with E-state index in [-0.39, 0.29) is 17.8 Å². The number of hydrogen-bond acceptors (Lipinski definition) is 4. The van der Waals surface area contributed by atoms with E-state index in [2.05, 4.69) is 62.4 Å². The molecule has 0 aliphatic carbocycles. The predicted octanol–water partition coefficient (Wildman–Crippen LogP) is 5.63. The average molecular weight is 415 g/mol. The van der Waals surface area contributed by atoms with Crippen molar-refractivity contribution in [3.05, 3.63) is 71.8 Å². The quantitative estimate of drug-likeness (QED) is 0.361. The SMILES string of the molecule is COC[C@@H](C)/C=C(\C)[C@@H](CCc1ccccc1)[C@H](CO)Sc1ccc(OC)cc1. The van der Waals surface area contributed by atoms with Crippen LogP contribution in [0.1, 0.15) is 25.8 Å². The molecule has 3 nitrogen and oxygen atoms in total. The van der Waals surface area contributed by atoms with Crippen LogP contribution in [-0.2, 0) is 11.2 Å². The van der Waals surface area contributed by atoms with Crippen LogP contribution in [0, 0.1) is 11.8 Å². The fourth-order valence-electron chi connectivity index (χ4n) is 3.63. The van der Waals surface area contributed by atoms with E-state index in [1.54, 1.807) is 26.0 Å². The number of methoxy groups -OCH3 is 2. The Kier molecular flexibility index (Phi) is 10.3. The number of aliphatic hydroxyl groups excluding tert-OH is 1. The van der Waals surface area contributed by atoms with E-state index in [1.165, 1.54) is 11.1 Å². The maximum absolute atomic E-state index is 10.2. The third kappa shape index (κ3) is 7.88. The van der Waals surface area contributed by atoms with Crippen molar-refractivity contribution >= 4 is 11.8 Å². The molecule has 0 spiro atoms. The van der Waals surface area contributed by atoms with Crippen molar-refractivity contribution in [3.63, 3.8) is 0 Å². The van der Waals surface area contributed by atoms with Crippen LogP contribution in [-0.4, -0.2) is 37.8 Å². The Morgan fingerprint density at radius 2 is 1.76 bits per heavy atom. The Labute approximate surface area is 180 Å². The molecule has 4 heteroatoms. The second kappa shape index (κ2) is 12.7. The van der Waals surface area contributed by atoms with Crippen LogP contribution in [0.4, 0.5) is 0 Å². The second-order valence-electron chi connectivity index (χ2n) is 7.49. The number of ether oxygens (including phenoxy) is 2. The fraction of sp³-hybridized carbons (Fsp3) is 0.440. The van der Waals surface area contributed by atoms with Crippen LogP contribution in [0.25, 0.3) is 0 Å². The first-order valence-corrected chi connectivity index (χ1v) is 11.1. The third-order valence-electron chi connectivity index (χ3n) is 5.12. The van der Waals surface area contributed by atoms with Gasteiger partial charge in [-0.2, -0.15) is 0 Å². The molecule has 0 radical (unpaired) electrons. The summed E-state index contributed by atoms with van der Waals surface area (Å²) in [5.41, 5.74) is 2.66. The second-order valence-corrected chi connectivity index (χ2v) is 8.80. The number of hydrogen-bond donors (Lipinski definition) is 1. The van der Waals surface area contributed by atoms with Crippen molar-refractivity contribution in [2.75, 3.05) is 27.4 Å². The molecular formula is C25H34O3S. The predicted molar refractivity (Wildman–Crippen MR) is 123 cm³/mol. The van der Waals surface area contributed by atoms with Crippen molar-refractivity contribution < 1.29 is 14.6 Å². The van der Waals surface area contributed by atoms with Crippen molar-refractivity contribution in [1.29, 1.82) is 0 Å². The molecule has 1 N–H and O–H groups in total. The molecule has 2 aromatic rings. The van der Waals surface area contributed by atoms with Gasteiger partial charge in [0, 0.05) is 17.3 Å². The monoisotopic (exact) mass is 414 g/mol. The molecule has 3 atom stereocenters. The lowest BCUT2D eigenvalue weighted by Gasteiger charge is -2.27. The molecule has 0 saturated heterocycles. The minimum Gasteiger partial charge on any atom is -0.497 e. The molecule has 0 aromatic heterocycles. The Bertz CT molecular complexity index is 727. The molecule has 0 amide bonds. The van der Waals surface area contributed by atoms with Gasteiger partial charge in [-0.25, -0.2) is 0 Å². The van der Waals surface area contributed by atoms with Gasteiger partial charge in [0.2, 0.25) is 0 Å². The van der Waals surface area contributed by atoms with Gasteiger partial charge in [0.05, 0.1) is 20.3 Å². The zero-order valence-electron chi connectivity index (χ0n) is 18.0. The number of aryl methyl sites for hydroxylation is 1.